The number of aryl methyl sites for hydroxylation is 1. The van der Waals surface area contributed by atoms with Crippen molar-refractivity contribution < 1.29 is 9.53 Å². The number of H-pyrrole nitrogens is 1. The van der Waals surface area contributed by atoms with E-state index in [1.54, 1.807) is 19.1 Å². The van der Waals surface area contributed by atoms with Crippen molar-refractivity contribution in [3.63, 3.8) is 0 Å². The van der Waals surface area contributed by atoms with Gasteiger partial charge in [0.2, 0.25) is 0 Å². The fraction of sp³-hybridized carbons (Fsp3) is 0.167. The van der Waals surface area contributed by atoms with Gasteiger partial charge in [-0.25, -0.2) is 4.79 Å². The minimum Gasteiger partial charge on any atom is -0.465 e. The molecule has 4 nitrogen and oxygen atoms in total. The number of hydrogen-bond acceptors (Lipinski definition) is 3. The fourth-order valence-electron chi connectivity index (χ4n) is 1.63. The van der Waals surface area contributed by atoms with E-state index in [4.69, 9.17) is 16.3 Å². The molecular weight excluding hydrogens is 240 g/mol. The van der Waals surface area contributed by atoms with Crippen LogP contribution in [0.5, 0.6) is 0 Å². The topological polar surface area (TPSA) is 55.0 Å². The Morgan fingerprint density at radius 3 is 2.88 bits per heavy atom. The highest BCUT2D eigenvalue weighted by Gasteiger charge is 2.19. The summed E-state index contributed by atoms with van der Waals surface area (Å²) in [6.45, 7) is 1.77. The second-order valence-corrected chi connectivity index (χ2v) is 4.01. The molecule has 1 aromatic heterocycles. The molecule has 0 aliphatic rings. The molecule has 0 bridgehead atoms. The van der Waals surface area contributed by atoms with Gasteiger partial charge in [-0.1, -0.05) is 23.7 Å². The van der Waals surface area contributed by atoms with Crippen molar-refractivity contribution in [1.29, 1.82) is 0 Å². The Morgan fingerprint density at radius 1 is 1.47 bits per heavy atom. The summed E-state index contributed by atoms with van der Waals surface area (Å²) >= 11 is 5.91. The Hall–Kier alpha value is -1.81. The Kier molecular flexibility index (Phi) is 3.15. The Balaban J connectivity index is 2.57. The molecule has 1 aromatic carbocycles. The van der Waals surface area contributed by atoms with E-state index in [2.05, 4.69) is 10.2 Å². The zero-order valence-electron chi connectivity index (χ0n) is 9.45. The van der Waals surface area contributed by atoms with Gasteiger partial charge in [0.15, 0.2) is 0 Å². The average molecular weight is 251 g/mol. The lowest BCUT2D eigenvalue weighted by molar-refractivity contribution is 0.0601. The van der Waals surface area contributed by atoms with Crippen LogP contribution in [0, 0.1) is 6.92 Å². The first kappa shape index (κ1) is 11.7. The normalized spacial score (nSPS) is 10.3. The second kappa shape index (κ2) is 4.59. The number of halogens is 1. The van der Waals surface area contributed by atoms with E-state index in [0.29, 0.717) is 22.0 Å². The van der Waals surface area contributed by atoms with Gasteiger partial charge in [0.25, 0.3) is 0 Å². The summed E-state index contributed by atoms with van der Waals surface area (Å²) in [4.78, 5) is 11.7. The number of rotatable bonds is 2. The lowest BCUT2D eigenvalue weighted by Crippen LogP contribution is -2.03. The first-order chi connectivity index (χ1) is 8.13. The summed E-state index contributed by atoms with van der Waals surface area (Å²) in [5.41, 5.74) is 2.45. The van der Waals surface area contributed by atoms with Crippen LogP contribution < -0.4 is 0 Å². The number of carbonyl (C=O) groups excluding carboxylic acids is 1. The van der Waals surface area contributed by atoms with Crippen molar-refractivity contribution >= 4 is 17.6 Å². The summed E-state index contributed by atoms with van der Waals surface area (Å²) in [5.74, 6) is -0.411. The zero-order valence-corrected chi connectivity index (χ0v) is 10.2. The molecule has 0 saturated carbocycles. The van der Waals surface area contributed by atoms with Gasteiger partial charge in [-0.15, -0.1) is 0 Å². The van der Waals surface area contributed by atoms with Crippen molar-refractivity contribution in [3.8, 4) is 11.3 Å². The van der Waals surface area contributed by atoms with Gasteiger partial charge in [0.1, 0.15) is 11.3 Å². The number of aromatic nitrogens is 2. The Morgan fingerprint density at radius 2 is 2.24 bits per heavy atom. The van der Waals surface area contributed by atoms with Crippen molar-refractivity contribution in [2.24, 2.45) is 0 Å². The van der Waals surface area contributed by atoms with Crippen LogP contribution in [-0.4, -0.2) is 23.3 Å². The maximum Gasteiger partial charge on any atom is 0.341 e. The van der Waals surface area contributed by atoms with Crippen LogP contribution in [-0.2, 0) is 4.74 Å². The summed E-state index contributed by atoms with van der Waals surface area (Å²) in [6.07, 6.45) is 0. The number of aromatic amines is 1. The van der Waals surface area contributed by atoms with E-state index in [-0.39, 0.29) is 0 Å². The summed E-state index contributed by atoms with van der Waals surface area (Å²) in [7, 11) is 1.34. The average Bonchev–Trinajstić information content (AvgIpc) is 2.70. The highest BCUT2D eigenvalue weighted by molar-refractivity contribution is 6.30. The predicted octanol–water partition coefficient (Wildman–Crippen LogP) is 2.83. The smallest absolute Gasteiger partial charge is 0.341 e. The van der Waals surface area contributed by atoms with Gasteiger partial charge in [0.05, 0.1) is 7.11 Å². The standard InChI is InChI=1S/C12H11ClN2O2/c1-7-10(12(16)17-2)11(15-14-7)8-4-3-5-9(13)6-8/h3-6H,1-2H3,(H,14,15). The molecule has 17 heavy (non-hydrogen) atoms. The maximum absolute atomic E-state index is 11.7. The van der Waals surface area contributed by atoms with E-state index in [1.807, 2.05) is 12.1 Å². The van der Waals surface area contributed by atoms with Crippen LogP contribution in [0.25, 0.3) is 11.3 Å². The molecule has 2 aromatic rings. The molecule has 2 rings (SSSR count). The number of benzene rings is 1. The lowest BCUT2D eigenvalue weighted by Gasteiger charge is -2.02. The molecule has 0 fully saturated rings. The van der Waals surface area contributed by atoms with E-state index in [1.165, 1.54) is 7.11 Å². The number of nitrogens with zero attached hydrogens (tertiary/aromatic N) is 1. The number of esters is 1. The molecule has 5 heteroatoms. The molecule has 0 radical (unpaired) electrons. The summed E-state index contributed by atoms with van der Waals surface area (Å²) < 4.78 is 4.74. The minimum atomic E-state index is -0.411. The third-order valence-corrected chi connectivity index (χ3v) is 2.67. The maximum atomic E-state index is 11.7. The van der Waals surface area contributed by atoms with Crippen molar-refractivity contribution in [1.82, 2.24) is 10.2 Å². The van der Waals surface area contributed by atoms with E-state index < -0.39 is 5.97 Å². The van der Waals surface area contributed by atoms with Crippen molar-refractivity contribution in [2.75, 3.05) is 7.11 Å². The number of hydrogen-bond donors (Lipinski definition) is 1. The quantitative estimate of drug-likeness (QED) is 0.834. The molecule has 0 saturated heterocycles. The monoisotopic (exact) mass is 250 g/mol. The van der Waals surface area contributed by atoms with Gasteiger partial charge in [0, 0.05) is 16.3 Å². The predicted molar refractivity (Wildman–Crippen MR) is 65.1 cm³/mol. The van der Waals surface area contributed by atoms with Gasteiger partial charge in [-0.3, -0.25) is 5.10 Å². The Bertz CT molecular complexity index is 563. The molecule has 1 heterocycles. The van der Waals surface area contributed by atoms with Gasteiger partial charge in [-0.2, -0.15) is 5.10 Å². The summed E-state index contributed by atoms with van der Waals surface area (Å²) in [5, 5.41) is 7.48. The molecule has 0 aliphatic carbocycles. The van der Waals surface area contributed by atoms with Gasteiger partial charge in [-0.05, 0) is 19.1 Å². The van der Waals surface area contributed by atoms with Gasteiger partial charge >= 0.3 is 5.97 Å². The molecule has 0 amide bonds. The largest absolute Gasteiger partial charge is 0.465 e. The third-order valence-electron chi connectivity index (χ3n) is 2.43. The SMILES string of the molecule is COC(=O)c1c(-c2cccc(Cl)c2)n[nH]c1C. The van der Waals surface area contributed by atoms with E-state index in [9.17, 15) is 4.79 Å². The van der Waals surface area contributed by atoms with Crippen LogP contribution in [0.2, 0.25) is 5.02 Å². The van der Waals surface area contributed by atoms with Crippen LogP contribution >= 0.6 is 11.6 Å². The third kappa shape index (κ3) is 2.17. The molecule has 0 aliphatic heterocycles. The number of nitrogens with one attached hydrogen (secondary N) is 1. The lowest BCUT2D eigenvalue weighted by atomic mass is 10.1. The number of ether oxygens (including phenoxy) is 1. The molecule has 1 N–H and O–H groups in total. The molecule has 0 atom stereocenters. The number of methoxy groups -OCH3 is 1. The fourth-order valence-corrected chi connectivity index (χ4v) is 1.82. The summed E-state index contributed by atoms with van der Waals surface area (Å²) in [6, 6.07) is 7.17. The first-order valence-electron chi connectivity index (χ1n) is 5.02. The van der Waals surface area contributed by atoms with E-state index >= 15 is 0 Å². The van der Waals surface area contributed by atoms with Crippen LogP contribution in [0.15, 0.2) is 24.3 Å². The Labute approximate surface area is 104 Å². The van der Waals surface area contributed by atoms with Gasteiger partial charge < -0.3 is 4.74 Å². The molecule has 0 spiro atoms. The zero-order chi connectivity index (χ0) is 12.4. The molecular formula is C12H11ClN2O2. The highest BCUT2D eigenvalue weighted by Crippen LogP contribution is 2.26. The minimum absolute atomic E-state index is 0.411. The molecule has 0 unspecified atom stereocenters. The van der Waals surface area contributed by atoms with Crippen LogP contribution in [0.3, 0.4) is 0 Å². The van der Waals surface area contributed by atoms with Crippen LogP contribution in [0.4, 0.5) is 0 Å². The highest BCUT2D eigenvalue weighted by atomic mass is 35.5. The van der Waals surface area contributed by atoms with Crippen LogP contribution in [0.1, 0.15) is 16.1 Å². The first-order valence-corrected chi connectivity index (χ1v) is 5.40. The van der Waals surface area contributed by atoms with Crippen molar-refractivity contribution in [2.45, 2.75) is 6.92 Å². The second-order valence-electron chi connectivity index (χ2n) is 3.57. The van der Waals surface area contributed by atoms with E-state index in [0.717, 1.165) is 5.56 Å². The number of carbonyl (C=O) groups is 1. The molecule has 88 valence electrons. The van der Waals surface area contributed by atoms with Crippen molar-refractivity contribution in [3.05, 3.63) is 40.5 Å².